The molecular weight excluding hydrogens is 486 g/mol. The molecule has 1 fully saturated rings. The van der Waals surface area contributed by atoms with Crippen molar-refractivity contribution in [1.82, 2.24) is 15.2 Å². The number of nitrogens with one attached hydrogen (secondary N) is 2. The van der Waals surface area contributed by atoms with Crippen molar-refractivity contribution < 1.29 is 24.2 Å². The van der Waals surface area contributed by atoms with E-state index in [0.29, 0.717) is 59.6 Å². The van der Waals surface area contributed by atoms with Crippen molar-refractivity contribution in [2.75, 3.05) is 33.3 Å². The van der Waals surface area contributed by atoms with Crippen LogP contribution in [0.2, 0.25) is 5.02 Å². The normalized spacial score (nSPS) is 15.4. The summed E-state index contributed by atoms with van der Waals surface area (Å²) in [4.78, 5) is 41.4. The fraction of sp³-hybridized carbons (Fsp3) is 0.346. The zero-order chi connectivity index (χ0) is 25.7. The van der Waals surface area contributed by atoms with Gasteiger partial charge in [0.1, 0.15) is 17.4 Å². The lowest BCUT2D eigenvalue weighted by Gasteiger charge is -2.33. The summed E-state index contributed by atoms with van der Waals surface area (Å²) in [7, 11) is 1.31. The van der Waals surface area contributed by atoms with Gasteiger partial charge in [0.2, 0.25) is 0 Å². The van der Waals surface area contributed by atoms with Crippen LogP contribution in [-0.4, -0.2) is 72.4 Å². The number of benzene rings is 2. The van der Waals surface area contributed by atoms with Crippen LogP contribution in [0, 0.1) is 0 Å². The van der Waals surface area contributed by atoms with E-state index in [2.05, 4.69) is 15.2 Å². The third kappa shape index (κ3) is 6.04. The summed E-state index contributed by atoms with van der Waals surface area (Å²) >= 11 is 6.01. The van der Waals surface area contributed by atoms with Gasteiger partial charge in [-0.15, -0.1) is 0 Å². The second-order valence-electron chi connectivity index (χ2n) is 8.69. The number of likely N-dealkylation sites (tertiary alicyclic amines) is 1. The minimum Gasteiger partial charge on any atom is -0.489 e. The molecule has 1 amide bonds. The smallest absolute Gasteiger partial charge is 0.341 e. The van der Waals surface area contributed by atoms with E-state index in [1.54, 1.807) is 36.4 Å². The average molecular weight is 514 g/mol. The Morgan fingerprint density at radius 1 is 1.17 bits per heavy atom. The number of pyridine rings is 1. The molecule has 0 saturated carbocycles. The molecule has 10 heteroatoms. The van der Waals surface area contributed by atoms with Gasteiger partial charge >= 0.3 is 5.97 Å². The van der Waals surface area contributed by atoms with Crippen molar-refractivity contribution in [3.05, 3.63) is 75.2 Å². The Bertz CT molecular complexity index is 1300. The number of ether oxygens (including phenoxy) is 2. The predicted molar refractivity (Wildman–Crippen MR) is 136 cm³/mol. The number of hydrogen-bond acceptors (Lipinski definition) is 7. The first-order valence-corrected chi connectivity index (χ1v) is 12.1. The van der Waals surface area contributed by atoms with Gasteiger partial charge in [-0.05, 0) is 37.1 Å². The standard InChI is InChI=1S/C26H28ClN3O6/c1-35-26(34)21-12-16(27)6-7-23(21)36-18-8-10-30(11-9-18)15-17(31)13-28-25(33)22-14-29-24(32)20-5-3-2-4-19(20)22/h2-7,12,14,17-18,31H,8-11,13,15H2,1H3,(H,28,33)(H,29,32)/t17-/m1/s1. The Labute approximate surface area is 213 Å². The first-order chi connectivity index (χ1) is 17.4. The topological polar surface area (TPSA) is 121 Å². The highest BCUT2D eigenvalue weighted by molar-refractivity contribution is 6.31. The number of halogens is 1. The Morgan fingerprint density at radius 2 is 1.89 bits per heavy atom. The number of β-amino-alcohol motifs (C(OH)–C–C–N with tert-alkyl or cyclic N) is 1. The number of methoxy groups -OCH3 is 1. The summed E-state index contributed by atoms with van der Waals surface area (Å²) in [6.07, 6.45) is 1.97. The predicted octanol–water partition coefficient (Wildman–Crippen LogP) is 2.60. The van der Waals surface area contributed by atoms with Crippen LogP contribution >= 0.6 is 11.6 Å². The number of hydrogen-bond donors (Lipinski definition) is 3. The molecule has 0 aliphatic carbocycles. The van der Waals surface area contributed by atoms with E-state index in [9.17, 15) is 19.5 Å². The molecular formula is C26H28ClN3O6. The molecule has 190 valence electrons. The average Bonchev–Trinajstić information content (AvgIpc) is 2.89. The van der Waals surface area contributed by atoms with E-state index < -0.39 is 12.1 Å². The van der Waals surface area contributed by atoms with E-state index in [-0.39, 0.29) is 29.7 Å². The SMILES string of the molecule is COC(=O)c1cc(Cl)ccc1OC1CCN(C[C@H](O)CNC(=O)c2c[nH]c(=O)c3ccccc23)CC1. The minimum atomic E-state index is -0.761. The third-order valence-electron chi connectivity index (χ3n) is 6.20. The Kier molecular flexibility index (Phi) is 8.25. The highest BCUT2D eigenvalue weighted by Gasteiger charge is 2.24. The number of piperidine rings is 1. The highest BCUT2D eigenvalue weighted by atomic mass is 35.5. The lowest BCUT2D eigenvalue weighted by molar-refractivity contribution is 0.0541. The van der Waals surface area contributed by atoms with E-state index in [0.717, 1.165) is 0 Å². The van der Waals surface area contributed by atoms with Gasteiger partial charge in [0.15, 0.2) is 0 Å². The van der Waals surface area contributed by atoms with Gasteiger partial charge in [0.05, 0.1) is 18.8 Å². The zero-order valence-corrected chi connectivity index (χ0v) is 20.6. The van der Waals surface area contributed by atoms with E-state index >= 15 is 0 Å². The van der Waals surface area contributed by atoms with Crippen LogP contribution < -0.4 is 15.6 Å². The van der Waals surface area contributed by atoms with Crippen molar-refractivity contribution in [3.8, 4) is 5.75 Å². The molecule has 1 aromatic heterocycles. The number of aliphatic hydroxyl groups is 1. The van der Waals surface area contributed by atoms with Crippen LogP contribution in [0.1, 0.15) is 33.6 Å². The largest absolute Gasteiger partial charge is 0.489 e. The molecule has 3 aromatic rings. The van der Waals surface area contributed by atoms with Gasteiger partial charge < -0.3 is 29.8 Å². The molecule has 1 aliphatic rings. The third-order valence-corrected chi connectivity index (χ3v) is 6.43. The highest BCUT2D eigenvalue weighted by Crippen LogP contribution is 2.27. The molecule has 9 nitrogen and oxygen atoms in total. The van der Waals surface area contributed by atoms with Gasteiger partial charge in [0.25, 0.3) is 11.5 Å². The number of carbonyl (C=O) groups is 2. The maximum Gasteiger partial charge on any atom is 0.341 e. The molecule has 0 radical (unpaired) electrons. The molecule has 0 bridgehead atoms. The number of rotatable bonds is 8. The number of H-pyrrole nitrogens is 1. The zero-order valence-electron chi connectivity index (χ0n) is 19.8. The molecule has 1 saturated heterocycles. The minimum absolute atomic E-state index is 0.0793. The monoisotopic (exact) mass is 513 g/mol. The van der Waals surface area contributed by atoms with Gasteiger partial charge in [-0.2, -0.15) is 0 Å². The Balaban J connectivity index is 1.26. The van der Waals surface area contributed by atoms with E-state index in [1.165, 1.54) is 19.4 Å². The number of nitrogens with zero attached hydrogens (tertiary/aromatic N) is 1. The fourth-order valence-corrected chi connectivity index (χ4v) is 4.50. The maximum atomic E-state index is 12.7. The summed E-state index contributed by atoms with van der Waals surface area (Å²) in [5.41, 5.74) is 0.380. The number of aromatic nitrogens is 1. The summed E-state index contributed by atoms with van der Waals surface area (Å²) in [6.45, 7) is 1.87. The number of carbonyl (C=O) groups excluding carboxylic acids is 2. The summed E-state index contributed by atoms with van der Waals surface area (Å²) in [5, 5.41) is 14.7. The van der Waals surface area contributed by atoms with Crippen LogP contribution in [0.3, 0.4) is 0 Å². The lowest BCUT2D eigenvalue weighted by Crippen LogP contribution is -2.45. The maximum absolute atomic E-state index is 12.7. The molecule has 1 aliphatic heterocycles. The van der Waals surface area contributed by atoms with Crippen molar-refractivity contribution >= 4 is 34.2 Å². The van der Waals surface area contributed by atoms with Crippen LogP contribution in [0.4, 0.5) is 0 Å². The van der Waals surface area contributed by atoms with Crippen LogP contribution in [0.15, 0.2) is 53.5 Å². The van der Waals surface area contributed by atoms with Gasteiger partial charge in [-0.3, -0.25) is 9.59 Å². The second kappa shape index (κ2) is 11.6. The lowest BCUT2D eigenvalue weighted by atomic mass is 10.1. The summed E-state index contributed by atoms with van der Waals surface area (Å²) < 4.78 is 10.9. The van der Waals surface area contributed by atoms with Crippen molar-refractivity contribution in [2.45, 2.75) is 25.0 Å². The molecule has 2 heterocycles. The molecule has 4 rings (SSSR count). The molecule has 1 atom stereocenters. The van der Waals surface area contributed by atoms with Crippen molar-refractivity contribution in [1.29, 1.82) is 0 Å². The number of esters is 1. The number of amides is 1. The number of aromatic amines is 1. The number of fused-ring (bicyclic) bond motifs is 1. The molecule has 36 heavy (non-hydrogen) atoms. The molecule has 0 unspecified atom stereocenters. The van der Waals surface area contributed by atoms with Crippen LogP contribution in [0.25, 0.3) is 10.8 Å². The van der Waals surface area contributed by atoms with E-state index in [1.807, 2.05) is 0 Å². The van der Waals surface area contributed by atoms with Crippen molar-refractivity contribution in [2.24, 2.45) is 0 Å². The first-order valence-electron chi connectivity index (χ1n) is 11.7. The van der Waals surface area contributed by atoms with Crippen LogP contribution in [0.5, 0.6) is 5.75 Å². The summed E-state index contributed by atoms with van der Waals surface area (Å²) in [5.74, 6) is -0.440. The molecule has 2 aromatic carbocycles. The quantitative estimate of drug-likeness (QED) is 0.396. The molecule has 3 N–H and O–H groups in total. The Hall–Kier alpha value is -3.40. The van der Waals surface area contributed by atoms with Gasteiger partial charge in [-0.25, -0.2) is 4.79 Å². The first kappa shape index (κ1) is 25.7. The summed E-state index contributed by atoms with van der Waals surface area (Å²) in [6, 6.07) is 11.8. The molecule has 0 spiro atoms. The van der Waals surface area contributed by atoms with Crippen LogP contribution in [-0.2, 0) is 4.74 Å². The van der Waals surface area contributed by atoms with Crippen molar-refractivity contribution in [3.63, 3.8) is 0 Å². The Morgan fingerprint density at radius 3 is 2.61 bits per heavy atom. The second-order valence-corrected chi connectivity index (χ2v) is 9.13. The van der Waals surface area contributed by atoms with Gasteiger partial charge in [0, 0.05) is 48.2 Å². The van der Waals surface area contributed by atoms with E-state index in [4.69, 9.17) is 21.1 Å². The van der Waals surface area contributed by atoms with Gasteiger partial charge in [-0.1, -0.05) is 29.8 Å². The number of aliphatic hydroxyl groups excluding tert-OH is 1. The fourth-order valence-electron chi connectivity index (χ4n) is 4.33.